The number of nitrogens with two attached hydrogens (primary N) is 1. The molecule has 3 nitrogen and oxygen atoms in total. The molecule has 0 unspecified atom stereocenters. The fraction of sp³-hybridized carbons (Fsp3) is 0.500. The highest BCUT2D eigenvalue weighted by Gasteiger charge is 2.46. The van der Waals surface area contributed by atoms with Gasteiger partial charge in [-0.3, -0.25) is 4.79 Å². The first-order chi connectivity index (χ1) is 9.25. The summed E-state index contributed by atoms with van der Waals surface area (Å²) in [4.78, 5) is 12.7. The molecule has 1 fully saturated rings. The molecule has 20 heavy (non-hydrogen) atoms. The Bertz CT molecular complexity index is 524. The van der Waals surface area contributed by atoms with Gasteiger partial charge in [-0.05, 0) is 36.0 Å². The summed E-state index contributed by atoms with van der Waals surface area (Å²) in [7, 11) is 0. The Morgan fingerprint density at radius 3 is 2.15 bits per heavy atom. The van der Waals surface area contributed by atoms with E-state index in [4.69, 9.17) is 18.0 Å². The summed E-state index contributed by atoms with van der Waals surface area (Å²) in [5.74, 6) is -0.0697. The van der Waals surface area contributed by atoms with E-state index in [1.165, 1.54) is 5.56 Å². The third-order valence-corrected chi connectivity index (χ3v) is 4.51. The second-order valence-electron chi connectivity index (χ2n) is 6.58. The topological polar surface area (TPSA) is 55.1 Å². The van der Waals surface area contributed by atoms with Crippen molar-refractivity contribution in [1.82, 2.24) is 0 Å². The first-order valence-electron chi connectivity index (χ1n) is 6.98. The first kappa shape index (κ1) is 15.0. The summed E-state index contributed by atoms with van der Waals surface area (Å²) in [6.45, 7) is 6.49. The lowest BCUT2D eigenvalue weighted by atomic mass is 9.68. The number of hydrogen-bond acceptors (Lipinski definition) is 2. The van der Waals surface area contributed by atoms with Gasteiger partial charge in [0.2, 0.25) is 5.91 Å². The number of thiocarbonyl (C=S) groups is 1. The average molecular weight is 290 g/mol. The van der Waals surface area contributed by atoms with Crippen molar-refractivity contribution in [2.24, 2.45) is 11.1 Å². The lowest BCUT2D eigenvalue weighted by Crippen LogP contribution is -2.50. The van der Waals surface area contributed by atoms with Crippen molar-refractivity contribution in [3.05, 3.63) is 29.8 Å². The van der Waals surface area contributed by atoms with Crippen LogP contribution in [0.1, 0.15) is 45.6 Å². The summed E-state index contributed by atoms with van der Waals surface area (Å²) in [6.07, 6.45) is 2.52. The number of hydrogen-bond donors (Lipinski definition) is 2. The van der Waals surface area contributed by atoms with E-state index in [1.54, 1.807) is 0 Å². The van der Waals surface area contributed by atoms with Gasteiger partial charge < -0.3 is 11.1 Å². The molecule has 0 atom stereocenters. The zero-order valence-corrected chi connectivity index (χ0v) is 13.1. The fourth-order valence-corrected chi connectivity index (χ4v) is 2.72. The summed E-state index contributed by atoms with van der Waals surface area (Å²) in [5.41, 5.74) is 7.26. The molecule has 4 heteroatoms. The average Bonchev–Trinajstić information content (AvgIpc) is 2.26. The number of carbonyl (C=O) groups is 1. The molecule has 0 bridgehead atoms. The van der Waals surface area contributed by atoms with Gasteiger partial charge in [-0.2, -0.15) is 0 Å². The molecular formula is C16H22N2OS. The van der Waals surface area contributed by atoms with Crippen molar-refractivity contribution in [2.45, 2.75) is 45.4 Å². The normalized spacial score (nSPS) is 17.1. The van der Waals surface area contributed by atoms with Crippen LogP contribution in [0.5, 0.6) is 0 Å². The smallest absolute Gasteiger partial charge is 0.237 e. The largest absolute Gasteiger partial charge is 0.392 e. The molecule has 1 aliphatic carbocycles. The standard InChI is InChI=1S/C16H22N2OS/c1-15(2,3)11-5-7-12(8-6-11)18-14(19)16(13(17)20)9-4-10-16/h5-8H,4,9-10H2,1-3H3,(H2,17,20)(H,18,19). The molecule has 1 aromatic rings. The fourth-order valence-electron chi connectivity index (χ4n) is 2.42. The maximum atomic E-state index is 12.4. The molecule has 1 aromatic carbocycles. The Labute approximate surface area is 125 Å². The Morgan fingerprint density at radius 2 is 1.80 bits per heavy atom. The van der Waals surface area contributed by atoms with Crippen LogP contribution >= 0.6 is 12.2 Å². The third kappa shape index (κ3) is 2.70. The Kier molecular flexibility index (Phi) is 3.87. The first-order valence-corrected chi connectivity index (χ1v) is 7.38. The second-order valence-corrected chi connectivity index (χ2v) is 7.02. The summed E-state index contributed by atoms with van der Waals surface area (Å²) in [5, 5.41) is 2.94. The van der Waals surface area contributed by atoms with Crippen LogP contribution in [-0.2, 0) is 10.2 Å². The molecule has 1 aliphatic rings. The van der Waals surface area contributed by atoms with Crippen molar-refractivity contribution in [3.63, 3.8) is 0 Å². The van der Waals surface area contributed by atoms with E-state index in [0.717, 1.165) is 24.9 Å². The lowest BCUT2D eigenvalue weighted by Gasteiger charge is -2.39. The van der Waals surface area contributed by atoms with Gasteiger partial charge >= 0.3 is 0 Å². The van der Waals surface area contributed by atoms with Crippen LogP contribution in [0.3, 0.4) is 0 Å². The van der Waals surface area contributed by atoms with Gasteiger partial charge in [0.05, 0.1) is 10.4 Å². The molecule has 108 valence electrons. The van der Waals surface area contributed by atoms with Crippen molar-refractivity contribution in [2.75, 3.05) is 5.32 Å². The number of benzene rings is 1. The molecule has 0 heterocycles. The third-order valence-electron chi connectivity index (χ3n) is 4.12. The van der Waals surface area contributed by atoms with Crippen molar-refractivity contribution < 1.29 is 4.79 Å². The highest BCUT2D eigenvalue weighted by molar-refractivity contribution is 7.80. The zero-order valence-electron chi connectivity index (χ0n) is 12.3. The highest BCUT2D eigenvalue weighted by atomic mass is 32.1. The van der Waals surface area contributed by atoms with Gasteiger partial charge in [0.1, 0.15) is 0 Å². The molecule has 0 aromatic heterocycles. The number of amides is 1. The van der Waals surface area contributed by atoms with Crippen LogP contribution < -0.4 is 11.1 Å². The summed E-state index contributed by atoms with van der Waals surface area (Å²) >= 11 is 5.06. The number of rotatable bonds is 3. The van der Waals surface area contributed by atoms with Crippen molar-refractivity contribution >= 4 is 28.8 Å². The molecular weight excluding hydrogens is 268 g/mol. The molecule has 1 amide bonds. The molecule has 0 radical (unpaired) electrons. The van der Waals surface area contributed by atoms with Crippen LogP contribution in [0.4, 0.5) is 5.69 Å². The van der Waals surface area contributed by atoms with Crippen LogP contribution in [0.2, 0.25) is 0 Å². The maximum absolute atomic E-state index is 12.4. The van der Waals surface area contributed by atoms with Crippen LogP contribution in [0.25, 0.3) is 0 Å². The molecule has 0 spiro atoms. The van der Waals surface area contributed by atoms with Gasteiger partial charge in [-0.25, -0.2) is 0 Å². The molecule has 3 N–H and O–H groups in total. The van der Waals surface area contributed by atoms with Gasteiger partial charge in [0.25, 0.3) is 0 Å². The lowest BCUT2D eigenvalue weighted by molar-refractivity contribution is -0.125. The van der Waals surface area contributed by atoms with Crippen LogP contribution in [0.15, 0.2) is 24.3 Å². The monoisotopic (exact) mass is 290 g/mol. The van der Waals surface area contributed by atoms with E-state index >= 15 is 0 Å². The van der Waals surface area contributed by atoms with Gasteiger partial charge in [0, 0.05) is 5.69 Å². The van der Waals surface area contributed by atoms with Crippen LogP contribution in [0, 0.1) is 5.41 Å². The molecule has 1 saturated carbocycles. The van der Waals surface area contributed by atoms with Gasteiger partial charge in [0.15, 0.2) is 0 Å². The van der Waals surface area contributed by atoms with Gasteiger partial charge in [-0.1, -0.05) is 51.5 Å². The van der Waals surface area contributed by atoms with Crippen molar-refractivity contribution in [3.8, 4) is 0 Å². The van der Waals surface area contributed by atoms with Crippen molar-refractivity contribution in [1.29, 1.82) is 0 Å². The van der Waals surface area contributed by atoms with E-state index < -0.39 is 5.41 Å². The van der Waals surface area contributed by atoms with E-state index in [1.807, 2.05) is 24.3 Å². The molecule has 0 saturated heterocycles. The molecule has 0 aliphatic heterocycles. The summed E-state index contributed by atoms with van der Waals surface area (Å²) < 4.78 is 0. The minimum absolute atomic E-state index is 0.0697. The van der Waals surface area contributed by atoms with E-state index in [0.29, 0.717) is 4.99 Å². The maximum Gasteiger partial charge on any atom is 0.237 e. The highest BCUT2D eigenvalue weighted by Crippen LogP contribution is 2.42. The van der Waals surface area contributed by atoms with E-state index in [9.17, 15) is 4.79 Å². The number of anilines is 1. The summed E-state index contributed by atoms with van der Waals surface area (Å²) in [6, 6.07) is 7.96. The predicted molar refractivity (Wildman–Crippen MR) is 86.8 cm³/mol. The van der Waals surface area contributed by atoms with E-state index in [-0.39, 0.29) is 11.3 Å². The zero-order chi connectivity index (χ0) is 15.0. The Morgan fingerprint density at radius 1 is 1.25 bits per heavy atom. The Balaban J connectivity index is 2.11. The Hall–Kier alpha value is -1.42. The minimum Gasteiger partial charge on any atom is -0.392 e. The minimum atomic E-state index is -0.627. The second kappa shape index (κ2) is 5.17. The SMILES string of the molecule is CC(C)(C)c1ccc(NC(=O)C2(C(N)=S)CCC2)cc1. The van der Waals surface area contributed by atoms with E-state index in [2.05, 4.69) is 26.1 Å². The number of carbonyl (C=O) groups excluding carboxylic acids is 1. The van der Waals surface area contributed by atoms with Crippen LogP contribution in [-0.4, -0.2) is 10.9 Å². The number of nitrogens with one attached hydrogen (secondary N) is 1. The predicted octanol–water partition coefficient (Wildman–Crippen LogP) is 3.38. The quantitative estimate of drug-likeness (QED) is 0.839. The molecule has 2 rings (SSSR count). The van der Waals surface area contributed by atoms with Gasteiger partial charge in [-0.15, -0.1) is 0 Å².